The van der Waals surface area contributed by atoms with E-state index in [4.69, 9.17) is 0 Å². The summed E-state index contributed by atoms with van der Waals surface area (Å²) in [5.41, 5.74) is 0. The van der Waals surface area contributed by atoms with Crippen molar-refractivity contribution in [3.63, 3.8) is 0 Å². The average molecular weight is 156 g/mol. The van der Waals surface area contributed by atoms with E-state index in [0.717, 1.165) is 0 Å². The molecule has 8 heavy (non-hydrogen) atoms. The first-order valence-electron chi connectivity index (χ1n) is 2.89. The Morgan fingerprint density at radius 1 is 0.500 bits per heavy atom. The van der Waals surface area contributed by atoms with Crippen LogP contribution in [-0.4, -0.2) is 12.5 Å². The minimum atomic E-state index is 1.69. The molecule has 0 atom stereocenters. The van der Waals surface area contributed by atoms with Gasteiger partial charge in [-0.1, -0.05) is 27.7 Å². The summed E-state index contributed by atoms with van der Waals surface area (Å²) in [7, 11) is 0. The Kier molecular flexibility index (Phi) is 2060. The molecule has 56 valence electrons. The molecule has 0 aromatic carbocycles. The van der Waals surface area contributed by atoms with Crippen molar-refractivity contribution in [2.24, 2.45) is 0 Å². The third-order valence-corrected chi connectivity index (χ3v) is 0. The molecule has 0 heterocycles. The molecular formula is C6H20S2. The lowest BCUT2D eigenvalue weighted by atomic mass is 11.0. The number of thiol groups is 2. The highest BCUT2D eigenvalue weighted by Crippen LogP contribution is 1.31. The van der Waals surface area contributed by atoms with Crippen LogP contribution in [0.2, 0.25) is 0 Å². The molecule has 0 aliphatic rings. The van der Waals surface area contributed by atoms with Gasteiger partial charge in [0.25, 0.3) is 0 Å². The van der Waals surface area contributed by atoms with Crippen molar-refractivity contribution >= 4 is 25.3 Å². The Bertz CT molecular complexity index is 6.49. The zero-order chi connectivity index (χ0) is 8.00. The Hall–Kier alpha value is 0.700. The Labute approximate surface area is 65.9 Å². The largest absolute Gasteiger partial charge is 0.183 e. The van der Waals surface area contributed by atoms with Gasteiger partial charge >= 0.3 is 0 Å². The average Bonchev–Trinajstić information content (AvgIpc) is 2.03. The predicted octanol–water partition coefficient (Wildman–Crippen LogP) is 3.14. The maximum absolute atomic E-state index is 3.53. The molecule has 0 bridgehead atoms. The van der Waals surface area contributed by atoms with Crippen molar-refractivity contribution in [1.82, 2.24) is 0 Å². The molecule has 0 aliphatic carbocycles. The summed E-state index contributed by atoms with van der Waals surface area (Å²) < 4.78 is 0. The summed E-state index contributed by atoms with van der Waals surface area (Å²) in [5, 5.41) is 0. The van der Waals surface area contributed by atoms with Gasteiger partial charge in [-0.05, 0) is 12.5 Å². The highest BCUT2D eigenvalue weighted by Gasteiger charge is 0.934. The SMILES string of the molecule is CC.CC.CS.CS. The monoisotopic (exact) mass is 156 g/mol. The quantitative estimate of drug-likeness (QED) is 0.495. The summed E-state index contributed by atoms with van der Waals surface area (Å²) in [4.78, 5) is 0. The summed E-state index contributed by atoms with van der Waals surface area (Å²) in [6.07, 6.45) is 3.39. The number of rotatable bonds is 0. The van der Waals surface area contributed by atoms with Gasteiger partial charge in [0.1, 0.15) is 0 Å². The fraction of sp³-hybridized carbons (Fsp3) is 1.00. The normalized spacial score (nSPS) is 3.00. The lowest BCUT2D eigenvalue weighted by Crippen LogP contribution is -0.865. The fourth-order valence-corrected chi connectivity index (χ4v) is 0. The van der Waals surface area contributed by atoms with Gasteiger partial charge in [-0.3, -0.25) is 0 Å². The van der Waals surface area contributed by atoms with Gasteiger partial charge in [0.05, 0.1) is 0 Å². The third-order valence-electron chi connectivity index (χ3n) is 0. The van der Waals surface area contributed by atoms with Gasteiger partial charge < -0.3 is 0 Å². The van der Waals surface area contributed by atoms with Crippen molar-refractivity contribution in [2.75, 3.05) is 12.5 Å². The molecule has 0 N–H and O–H groups in total. The van der Waals surface area contributed by atoms with Gasteiger partial charge in [-0.15, -0.1) is 0 Å². The van der Waals surface area contributed by atoms with Crippen LogP contribution in [0.15, 0.2) is 0 Å². The molecule has 2 heteroatoms. The third kappa shape index (κ3) is 444. The molecule has 0 nitrogen and oxygen atoms in total. The molecule has 0 fully saturated rings. The molecule has 0 rings (SSSR count). The molecule has 0 aliphatic heterocycles. The van der Waals surface area contributed by atoms with E-state index in [1.807, 2.05) is 27.7 Å². The first-order valence-corrected chi connectivity index (χ1v) is 4.68. The van der Waals surface area contributed by atoms with E-state index in [1.54, 1.807) is 12.5 Å². The van der Waals surface area contributed by atoms with E-state index >= 15 is 0 Å². The standard InChI is InChI=1S/2C2H6.2CH4S/c4*1-2/h2*1-2H3;2*2H,1H3. The van der Waals surface area contributed by atoms with Crippen LogP contribution in [-0.2, 0) is 0 Å². The van der Waals surface area contributed by atoms with Crippen molar-refractivity contribution in [3.05, 3.63) is 0 Å². The van der Waals surface area contributed by atoms with Gasteiger partial charge in [0.15, 0.2) is 0 Å². The van der Waals surface area contributed by atoms with Crippen LogP contribution in [0.25, 0.3) is 0 Å². The Balaban J connectivity index is -0.0000000133. The van der Waals surface area contributed by atoms with Gasteiger partial charge in [0.2, 0.25) is 0 Å². The molecule has 0 aromatic heterocycles. The predicted molar refractivity (Wildman–Crippen MR) is 52.5 cm³/mol. The Morgan fingerprint density at radius 3 is 0.500 bits per heavy atom. The van der Waals surface area contributed by atoms with Gasteiger partial charge in [-0.25, -0.2) is 0 Å². The smallest absolute Gasteiger partial charge is 0.0215 e. The second kappa shape index (κ2) is 705. The Morgan fingerprint density at radius 2 is 0.500 bits per heavy atom. The van der Waals surface area contributed by atoms with E-state index in [1.165, 1.54) is 0 Å². The molecule has 0 spiro atoms. The highest BCUT2D eigenvalue weighted by atomic mass is 32.1. The van der Waals surface area contributed by atoms with E-state index in [-0.39, 0.29) is 0 Å². The summed E-state index contributed by atoms with van der Waals surface area (Å²) >= 11 is 7.06. The molecule has 0 saturated heterocycles. The molecule has 0 unspecified atom stereocenters. The van der Waals surface area contributed by atoms with Crippen molar-refractivity contribution in [2.45, 2.75) is 27.7 Å². The summed E-state index contributed by atoms with van der Waals surface area (Å²) in [6.45, 7) is 8.00. The first kappa shape index (κ1) is 23.4. The van der Waals surface area contributed by atoms with Crippen LogP contribution in [0.3, 0.4) is 0 Å². The lowest BCUT2D eigenvalue weighted by molar-refractivity contribution is 1.50. The second-order valence-corrected chi connectivity index (χ2v) is 0. The second-order valence-electron chi connectivity index (χ2n) is 0. The number of hydrogen-bond donors (Lipinski definition) is 2. The van der Waals surface area contributed by atoms with E-state index < -0.39 is 0 Å². The van der Waals surface area contributed by atoms with Crippen molar-refractivity contribution in [1.29, 1.82) is 0 Å². The summed E-state index contributed by atoms with van der Waals surface area (Å²) in [6, 6.07) is 0. The van der Waals surface area contributed by atoms with Crippen LogP contribution >= 0.6 is 25.3 Å². The zero-order valence-corrected chi connectivity index (χ0v) is 8.68. The molecule has 0 amide bonds. The maximum Gasteiger partial charge on any atom is -0.0215 e. The maximum atomic E-state index is 3.53. The molecule has 0 saturated carbocycles. The van der Waals surface area contributed by atoms with E-state index in [9.17, 15) is 0 Å². The lowest BCUT2D eigenvalue weighted by Gasteiger charge is -1.11. The topological polar surface area (TPSA) is 0 Å². The van der Waals surface area contributed by atoms with Crippen LogP contribution < -0.4 is 0 Å². The van der Waals surface area contributed by atoms with Crippen LogP contribution in [0.4, 0.5) is 0 Å². The van der Waals surface area contributed by atoms with E-state index in [0.29, 0.717) is 0 Å². The zero-order valence-electron chi connectivity index (χ0n) is 6.89. The van der Waals surface area contributed by atoms with Crippen LogP contribution in [0.1, 0.15) is 27.7 Å². The van der Waals surface area contributed by atoms with Crippen molar-refractivity contribution in [3.8, 4) is 0 Å². The molecular weight excluding hydrogens is 136 g/mol. The minimum Gasteiger partial charge on any atom is -0.183 e. The van der Waals surface area contributed by atoms with Crippen LogP contribution in [0.5, 0.6) is 0 Å². The first-order chi connectivity index (χ1) is 4.00. The van der Waals surface area contributed by atoms with Crippen LogP contribution in [0, 0.1) is 0 Å². The highest BCUT2D eigenvalue weighted by molar-refractivity contribution is 7.79. The molecule has 0 radical (unpaired) electrons. The van der Waals surface area contributed by atoms with Gasteiger partial charge in [0, 0.05) is 0 Å². The summed E-state index contributed by atoms with van der Waals surface area (Å²) in [5.74, 6) is 0. The minimum absolute atomic E-state index is 1.69. The van der Waals surface area contributed by atoms with Gasteiger partial charge in [-0.2, -0.15) is 25.3 Å². The van der Waals surface area contributed by atoms with E-state index in [2.05, 4.69) is 25.3 Å². The number of hydrogen-bond acceptors (Lipinski definition) is 2. The molecule has 0 aromatic rings. The fourth-order valence-electron chi connectivity index (χ4n) is 0. The van der Waals surface area contributed by atoms with Crippen molar-refractivity contribution < 1.29 is 0 Å².